The molecule has 0 aromatic rings. The first-order chi connectivity index (χ1) is 6.15. The van der Waals surface area contributed by atoms with Crippen LogP contribution in [0.25, 0.3) is 0 Å². The molecule has 0 bridgehead atoms. The molecule has 1 saturated carbocycles. The van der Waals surface area contributed by atoms with E-state index in [1.165, 1.54) is 0 Å². The standard InChI is InChI=1S/C9H14N2O2/c1-6-4-2-3-5-9(6)7(12)10-8(13)11-9/h6H,2-5H2,1H3,(H2,10,11,12,13)/t6-,9-/m1/s1. The summed E-state index contributed by atoms with van der Waals surface area (Å²) in [6, 6.07) is -0.334. The van der Waals surface area contributed by atoms with Crippen molar-refractivity contribution >= 4 is 11.9 Å². The number of hydrogen-bond acceptors (Lipinski definition) is 2. The van der Waals surface area contributed by atoms with E-state index < -0.39 is 5.54 Å². The highest BCUT2D eigenvalue weighted by Crippen LogP contribution is 2.35. The van der Waals surface area contributed by atoms with Crippen LogP contribution in [0.3, 0.4) is 0 Å². The summed E-state index contributed by atoms with van der Waals surface area (Å²) in [6.45, 7) is 2.03. The van der Waals surface area contributed by atoms with E-state index in [4.69, 9.17) is 0 Å². The average molecular weight is 182 g/mol. The summed E-state index contributed by atoms with van der Waals surface area (Å²) in [5.74, 6) is 0.123. The molecule has 2 N–H and O–H groups in total. The van der Waals surface area contributed by atoms with Crippen LogP contribution in [0.5, 0.6) is 0 Å². The van der Waals surface area contributed by atoms with Gasteiger partial charge in [0.15, 0.2) is 0 Å². The summed E-state index contributed by atoms with van der Waals surface area (Å²) in [6.07, 6.45) is 3.99. The first-order valence-electron chi connectivity index (χ1n) is 4.79. The maximum Gasteiger partial charge on any atom is 0.322 e. The van der Waals surface area contributed by atoms with Gasteiger partial charge in [0.05, 0.1) is 0 Å². The van der Waals surface area contributed by atoms with Gasteiger partial charge < -0.3 is 5.32 Å². The second-order valence-electron chi connectivity index (χ2n) is 4.03. The molecule has 2 aliphatic rings. The number of amides is 3. The van der Waals surface area contributed by atoms with Gasteiger partial charge in [-0.1, -0.05) is 19.8 Å². The highest BCUT2D eigenvalue weighted by molar-refractivity contribution is 6.07. The van der Waals surface area contributed by atoms with Gasteiger partial charge in [0.1, 0.15) is 5.54 Å². The van der Waals surface area contributed by atoms with Crippen LogP contribution >= 0.6 is 0 Å². The summed E-state index contributed by atoms with van der Waals surface area (Å²) in [7, 11) is 0. The SMILES string of the molecule is C[C@@H]1CCCC[C@@]12NC(=O)NC2=O. The molecule has 13 heavy (non-hydrogen) atoms. The summed E-state index contributed by atoms with van der Waals surface area (Å²) in [4.78, 5) is 22.6. The van der Waals surface area contributed by atoms with Crippen molar-refractivity contribution < 1.29 is 9.59 Å². The molecule has 0 aromatic carbocycles. The van der Waals surface area contributed by atoms with E-state index in [2.05, 4.69) is 10.6 Å². The molecule has 1 aliphatic heterocycles. The lowest BCUT2D eigenvalue weighted by Crippen LogP contribution is -2.53. The van der Waals surface area contributed by atoms with Crippen LogP contribution in [-0.2, 0) is 4.79 Å². The molecule has 4 nitrogen and oxygen atoms in total. The third-order valence-corrected chi connectivity index (χ3v) is 3.27. The van der Waals surface area contributed by atoms with Crippen molar-refractivity contribution in [3.63, 3.8) is 0 Å². The molecule has 1 saturated heterocycles. The lowest BCUT2D eigenvalue weighted by molar-refractivity contribution is -0.126. The second kappa shape index (κ2) is 2.72. The normalized spacial score (nSPS) is 39.0. The predicted octanol–water partition coefficient (Wildman–Crippen LogP) is 0.775. The summed E-state index contributed by atoms with van der Waals surface area (Å²) < 4.78 is 0. The van der Waals surface area contributed by atoms with Crippen LogP contribution in [-0.4, -0.2) is 17.5 Å². The zero-order valence-electron chi connectivity index (χ0n) is 7.72. The highest BCUT2D eigenvalue weighted by atomic mass is 16.2. The molecule has 0 unspecified atom stereocenters. The Balaban J connectivity index is 2.26. The first kappa shape index (κ1) is 8.53. The Kier molecular flexibility index (Phi) is 1.78. The summed E-state index contributed by atoms with van der Waals surface area (Å²) in [5, 5.41) is 5.09. The minimum Gasteiger partial charge on any atom is -0.323 e. The number of nitrogens with one attached hydrogen (secondary N) is 2. The van der Waals surface area contributed by atoms with E-state index in [-0.39, 0.29) is 17.9 Å². The van der Waals surface area contributed by atoms with E-state index in [0.717, 1.165) is 25.7 Å². The number of imide groups is 1. The quantitative estimate of drug-likeness (QED) is 0.544. The van der Waals surface area contributed by atoms with Crippen LogP contribution in [0.1, 0.15) is 32.6 Å². The molecular formula is C9H14N2O2. The Morgan fingerprint density at radius 2 is 2.15 bits per heavy atom. The van der Waals surface area contributed by atoms with Crippen LogP contribution in [0, 0.1) is 5.92 Å². The number of carbonyl (C=O) groups excluding carboxylic acids is 2. The van der Waals surface area contributed by atoms with Gasteiger partial charge in [-0.3, -0.25) is 10.1 Å². The fourth-order valence-electron chi connectivity index (χ4n) is 2.38. The second-order valence-corrected chi connectivity index (χ2v) is 4.03. The van der Waals surface area contributed by atoms with E-state index in [1.807, 2.05) is 6.92 Å². The van der Waals surface area contributed by atoms with Gasteiger partial charge in [0.25, 0.3) is 5.91 Å². The van der Waals surface area contributed by atoms with E-state index in [1.54, 1.807) is 0 Å². The predicted molar refractivity (Wildman–Crippen MR) is 47.0 cm³/mol. The maximum atomic E-state index is 11.6. The lowest BCUT2D eigenvalue weighted by Gasteiger charge is -2.36. The molecule has 1 aliphatic carbocycles. The lowest BCUT2D eigenvalue weighted by atomic mass is 9.74. The van der Waals surface area contributed by atoms with Crippen molar-refractivity contribution in [1.29, 1.82) is 0 Å². The molecule has 0 aromatic heterocycles. The molecule has 3 amide bonds. The fraction of sp³-hybridized carbons (Fsp3) is 0.778. The molecule has 1 spiro atoms. The maximum absolute atomic E-state index is 11.6. The van der Waals surface area contributed by atoms with Crippen molar-refractivity contribution in [2.75, 3.05) is 0 Å². The topological polar surface area (TPSA) is 58.2 Å². The van der Waals surface area contributed by atoms with Crippen molar-refractivity contribution in [2.45, 2.75) is 38.1 Å². The van der Waals surface area contributed by atoms with E-state index in [0.29, 0.717) is 0 Å². The number of urea groups is 1. The van der Waals surface area contributed by atoms with Gasteiger partial charge >= 0.3 is 6.03 Å². The van der Waals surface area contributed by atoms with Crippen LogP contribution in [0.15, 0.2) is 0 Å². The highest BCUT2D eigenvalue weighted by Gasteiger charge is 2.50. The Bertz CT molecular complexity index is 264. The van der Waals surface area contributed by atoms with Crippen molar-refractivity contribution in [3.05, 3.63) is 0 Å². The van der Waals surface area contributed by atoms with E-state index in [9.17, 15) is 9.59 Å². The average Bonchev–Trinajstić information content (AvgIpc) is 2.35. The van der Waals surface area contributed by atoms with Gasteiger partial charge in [-0.25, -0.2) is 4.79 Å². The Hall–Kier alpha value is -1.06. The van der Waals surface area contributed by atoms with Crippen molar-refractivity contribution in [1.82, 2.24) is 10.6 Å². The number of rotatable bonds is 0. The first-order valence-corrected chi connectivity index (χ1v) is 4.79. The van der Waals surface area contributed by atoms with Gasteiger partial charge in [0, 0.05) is 0 Å². The van der Waals surface area contributed by atoms with Crippen LogP contribution in [0.2, 0.25) is 0 Å². The molecule has 2 fully saturated rings. The minimum atomic E-state index is -0.588. The zero-order chi connectivity index (χ0) is 9.47. The third-order valence-electron chi connectivity index (χ3n) is 3.27. The Labute approximate surface area is 77.1 Å². The summed E-state index contributed by atoms with van der Waals surface area (Å²) in [5.41, 5.74) is -0.588. The van der Waals surface area contributed by atoms with E-state index >= 15 is 0 Å². The third kappa shape index (κ3) is 1.12. The molecule has 0 radical (unpaired) electrons. The number of carbonyl (C=O) groups is 2. The Morgan fingerprint density at radius 1 is 1.38 bits per heavy atom. The fourth-order valence-corrected chi connectivity index (χ4v) is 2.38. The molecule has 1 heterocycles. The monoisotopic (exact) mass is 182 g/mol. The van der Waals surface area contributed by atoms with Gasteiger partial charge in [-0.05, 0) is 18.8 Å². The molecule has 2 atom stereocenters. The zero-order valence-corrected chi connectivity index (χ0v) is 7.72. The Morgan fingerprint density at radius 3 is 2.69 bits per heavy atom. The smallest absolute Gasteiger partial charge is 0.322 e. The van der Waals surface area contributed by atoms with Gasteiger partial charge in [0.2, 0.25) is 0 Å². The summed E-state index contributed by atoms with van der Waals surface area (Å²) >= 11 is 0. The number of hydrogen-bond donors (Lipinski definition) is 2. The molecule has 2 rings (SSSR count). The van der Waals surface area contributed by atoms with Crippen LogP contribution in [0.4, 0.5) is 4.79 Å². The molecule has 72 valence electrons. The molecular weight excluding hydrogens is 168 g/mol. The van der Waals surface area contributed by atoms with Crippen molar-refractivity contribution in [3.8, 4) is 0 Å². The van der Waals surface area contributed by atoms with Gasteiger partial charge in [-0.15, -0.1) is 0 Å². The van der Waals surface area contributed by atoms with Gasteiger partial charge in [-0.2, -0.15) is 0 Å². The van der Waals surface area contributed by atoms with Crippen LogP contribution < -0.4 is 10.6 Å². The van der Waals surface area contributed by atoms with Crippen molar-refractivity contribution in [2.24, 2.45) is 5.92 Å². The minimum absolute atomic E-state index is 0.135. The largest absolute Gasteiger partial charge is 0.323 e. The molecule has 4 heteroatoms.